The van der Waals surface area contributed by atoms with Crippen molar-refractivity contribution in [1.82, 2.24) is 10.6 Å². The summed E-state index contributed by atoms with van der Waals surface area (Å²) < 4.78 is 4.99. The van der Waals surface area contributed by atoms with E-state index in [1.165, 1.54) is 57.8 Å². The van der Waals surface area contributed by atoms with E-state index in [2.05, 4.69) is 17.6 Å². The lowest BCUT2D eigenvalue weighted by atomic mass is 10.1. The summed E-state index contributed by atoms with van der Waals surface area (Å²) in [4.78, 5) is 0. The molecule has 0 aromatic carbocycles. The van der Waals surface area contributed by atoms with E-state index in [-0.39, 0.29) is 0 Å². The Hall–Kier alpha value is -0.350. The average molecular weight is 303 g/mol. The van der Waals surface area contributed by atoms with Crippen LogP contribution in [-0.2, 0) is 4.74 Å². The lowest BCUT2D eigenvalue weighted by Gasteiger charge is -2.10. The van der Waals surface area contributed by atoms with Gasteiger partial charge in [0, 0.05) is 26.8 Å². The van der Waals surface area contributed by atoms with Crippen molar-refractivity contribution in [3.8, 4) is 0 Å². The number of hydrogen-bond donors (Lipinski definition) is 2. The van der Waals surface area contributed by atoms with Gasteiger partial charge in [-0.15, -0.1) is 0 Å². The number of hydrogen-bond acceptors (Lipinski definition) is 2. The third kappa shape index (κ3) is 15.7. The van der Waals surface area contributed by atoms with Crippen LogP contribution in [0.2, 0.25) is 0 Å². The summed E-state index contributed by atoms with van der Waals surface area (Å²) in [5.41, 5.74) is 0. The molecule has 0 saturated carbocycles. The second kappa shape index (κ2) is 16.7. The first-order valence-corrected chi connectivity index (χ1v) is 8.72. The molecule has 0 amide bonds. The highest BCUT2D eigenvalue weighted by molar-refractivity contribution is 7.80. The predicted molar refractivity (Wildman–Crippen MR) is 92.3 cm³/mol. The van der Waals surface area contributed by atoms with E-state index in [0.717, 1.165) is 31.2 Å². The monoisotopic (exact) mass is 302 g/mol. The van der Waals surface area contributed by atoms with E-state index < -0.39 is 0 Å². The molecule has 0 unspecified atom stereocenters. The standard InChI is InChI=1S/C16H34N2OS/c1-3-4-5-6-7-8-9-10-11-13-17-16(20)18-14-12-15-19-2/h3-15H2,1-2H3,(H2,17,18,20). The van der Waals surface area contributed by atoms with Crippen LogP contribution in [0.3, 0.4) is 0 Å². The van der Waals surface area contributed by atoms with Crippen LogP contribution in [0.1, 0.15) is 71.1 Å². The SMILES string of the molecule is CCCCCCCCCCCNC(=S)NCCCOC. The molecule has 0 radical (unpaired) electrons. The maximum Gasteiger partial charge on any atom is 0.166 e. The van der Waals surface area contributed by atoms with Crippen LogP contribution in [0.15, 0.2) is 0 Å². The first-order valence-electron chi connectivity index (χ1n) is 8.32. The van der Waals surface area contributed by atoms with Crippen molar-refractivity contribution < 1.29 is 4.74 Å². The Morgan fingerprint density at radius 2 is 1.30 bits per heavy atom. The second-order valence-corrected chi connectivity index (χ2v) is 5.77. The smallest absolute Gasteiger partial charge is 0.166 e. The minimum absolute atomic E-state index is 0.778. The van der Waals surface area contributed by atoms with Gasteiger partial charge in [-0.1, -0.05) is 58.3 Å². The van der Waals surface area contributed by atoms with E-state index in [4.69, 9.17) is 17.0 Å². The van der Waals surface area contributed by atoms with Crippen LogP contribution in [0.5, 0.6) is 0 Å². The molecule has 0 atom stereocenters. The first-order chi connectivity index (χ1) is 9.81. The predicted octanol–water partition coefficient (Wildman–Crippen LogP) is 4.02. The normalized spacial score (nSPS) is 10.5. The van der Waals surface area contributed by atoms with E-state index in [9.17, 15) is 0 Å². The van der Waals surface area contributed by atoms with Gasteiger partial charge in [0.2, 0.25) is 0 Å². The van der Waals surface area contributed by atoms with Crippen LogP contribution in [0.4, 0.5) is 0 Å². The summed E-state index contributed by atoms with van der Waals surface area (Å²) in [6.45, 7) is 4.93. The molecule has 0 bridgehead atoms. The second-order valence-electron chi connectivity index (χ2n) is 5.36. The summed E-state index contributed by atoms with van der Waals surface area (Å²) >= 11 is 5.20. The van der Waals surface area contributed by atoms with Crippen LogP contribution in [0, 0.1) is 0 Å². The number of nitrogens with one attached hydrogen (secondary N) is 2. The lowest BCUT2D eigenvalue weighted by molar-refractivity contribution is 0.195. The molecular formula is C16H34N2OS. The van der Waals surface area contributed by atoms with Gasteiger partial charge in [0.15, 0.2) is 5.11 Å². The van der Waals surface area contributed by atoms with Gasteiger partial charge in [-0.2, -0.15) is 0 Å². The van der Waals surface area contributed by atoms with Gasteiger partial charge in [-0.25, -0.2) is 0 Å². The van der Waals surface area contributed by atoms with Gasteiger partial charge < -0.3 is 15.4 Å². The Bertz CT molecular complexity index is 213. The minimum Gasteiger partial charge on any atom is -0.385 e. The van der Waals surface area contributed by atoms with Crippen LogP contribution in [0.25, 0.3) is 0 Å². The summed E-state index contributed by atoms with van der Waals surface area (Å²) in [6, 6.07) is 0. The summed E-state index contributed by atoms with van der Waals surface area (Å²) in [6.07, 6.45) is 13.3. The molecule has 20 heavy (non-hydrogen) atoms. The Morgan fingerprint density at radius 1 is 0.800 bits per heavy atom. The van der Waals surface area contributed by atoms with Gasteiger partial charge in [0.1, 0.15) is 0 Å². The minimum atomic E-state index is 0.778. The summed E-state index contributed by atoms with van der Waals surface area (Å²) in [5.74, 6) is 0. The molecule has 0 aromatic rings. The highest BCUT2D eigenvalue weighted by Gasteiger charge is 1.95. The Labute approximate surface area is 131 Å². The Kier molecular flexibility index (Phi) is 16.4. The maximum atomic E-state index is 5.20. The lowest BCUT2D eigenvalue weighted by Crippen LogP contribution is -2.36. The third-order valence-electron chi connectivity index (χ3n) is 3.38. The number of rotatable bonds is 14. The fraction of sp³-hybridized carbons (Fsp3) is 0.938. The van der Waals surface area contributed by atoms with Crippen molar-refractivity contribution in [1.29, 1.82) is 0 Å². The Morgan fingerprint density at radius 3 is 1.85 bits per heavy atom. The molecule has 0 aliphatic heterocycles. The molecule has 0 aromatic heterocycles. The molecule has 120 valence electrons. The molecule has 0 rings (SSSR count). The maximum absolute atomic E-state index is 5.20. The van der Waals surface area contributed by atoms with Crippen LogP contribution < -0.4 is 10.6 Å². The van der Waals surface area contributed by atoms with Crippen molar-refractivity contribution in [3.05, 3.63) is 0 Å². The molecule has 0 aliphatic rings. The van der Waals surface area contributed by atoms with Crippen molar-refractivity contribution in [2.24, 2.45) is 0 Å². The van der Waals surface area contributed by atoms with E-state index in [1.54, 1.807) is 7.11 Å². The van der Waals surface area contributed by atoms with Crippen molar-refractivity contribution in [3.63, 3.8) is 0 Å². The highest BCUT2D eigenvalue weighted by Crippen LogP contribution is 2.09. The van der Waals surface area contributed by atoms with Gasteiger partial charge in [0.25, 0.3) is 0 Å². The molecule has 0 aliphatic carbocycles. The Balaban J connectivity index is 3.09. The number of unbranched alkanes of at least 4 members (excludes halogenated alkanes) is 8. The van der Waals surface area contributed by atoms with Gasteiger partial charge in [-0.3, -0.25) is 0 Å². The molecule has 4 heteroatoms. The molecule has 3 nitrogen and oxygen atoms in total. The number of methoxy groups -OCH3 is 1. The zero-order chi connectivity index (χ0) is 14.9. The van der Waals surface area contributed by atoms with Crippen LogP contribution >= 0.6 is 12.2 Å². The first kappa shape index (κ1) is 19.7. The molecule has 0 fully saturated rings. The summed E-state index contributed by atoms with van der Waals surface area (Å²) in [5, 5.41) is 7.22. The van der Waals surface area contributed by atoms with Gasteiger partial charge in [-0.05, 0) is 25.1 Å². The van der Waals surface area contributed by atoms with Crippen LogP contribution in [-0.4, -0.2) is 31.9 Å². The van der Waals surface area contributed by atoms with Crippen molar-refractivity contribution in [2.45, 2.75) is 71.1 Å². The highest BCUT2D eigenvalue weighted by atomic mass is 32.1. The molecule has 0 saturated heterocycles. The number of thiocarbonyl (C=S) groups is 1. The fourth-order valence-corrected chi connectivity index (χ4v) is 2.32. The zero-order valence-corrected chi connectivity index (χ0v) is 14.3. The zero-order valence-electron chi connectivity index (χ0n) is 13.5. The number of ether oxygens (including phenoxy) is 1. The van der Waals surface area contributed by atoms with E-state index in [0.29, 0.717) is 0 Å². The third-order valence-corrected chi connectivity index (χ3v) is 3.67. The van der Waals surface area contributed by atoms with Crippen molar-refractivity contribution in [2.75, 3.05) is 26.8 Å². The summed E-state index contributed by atoms with van der Waals surface area (Å²) in [7, 11) is 1.72. The molecule has 2 N–H and O–H groups in total. The largest absolute Gasteiger partial charge is 0.385 e. The quantitative estimate of drug-likeness (QED) is 0.375. The average Bonchev–Trinajstić information content (AvgIpc) is 2.45. The van der Waals surface area contributed by atoms with Crippen molar-refractivity contribution >= 4 is 17.3 Å². The molecule has 0 spiro atoms. The van der Waals surface area contributed by atoms with E-state index in [1.807, 2.05) is 0 Å². The van der Waals surface area contributed by atoms with Gasteiger partial charge >= 0.3 is 0 Å². The van der Waals surface area contributed by atoms with Gasteiger partial charge in [0.05, 0.1) is 0 Å². The fourth-order valence-electron chi connectivity index (χ4n) is 2.12. The molecular weight excluding hydrogens is 268 g/mol. The topological polar surface area (TPSA) is 33.3 Å². The van der Waals surface area contributed by atoms with E-state index >= 15 is 0 Å². The molecule has 0 heterocycles.